The second-order valence-electron chi connectivity index (χ2n) is 3.94. The summed E-state index contributed by atoms with van der Waals surface area (Å²) < 4.78 is 15.1. The summed E-state index contributed by atoms with van der Waals surface area (Å²) in [6, 6.07) is 6.24. The van der Waals surface area contributed by atoms with Gasteiger partial charge in [-0.3, -0.25) is 0 Å². The molecule has 7 heteroatoms. The third-order valence-corrected chi connectivity index (χ3v) is 2.52. The van der Waals surface area contributed by atoms with Crippen molar-refractivity contribution in [1.82, 2.24) is 10.1 Å². The van der Waals surface area contributed by atoms with E-state index >= 15 is 0 Å². The molecule has 20 heavy (non-hydrogen) atoms. The molecule has 0 aliphatic carbocycles. The predicted octanol–water partition coefficient (Wildman–Crippen LogP) is 1.60. The Labute approximate surface area is 115 Å². The number of nitrogens with zero attached hydrogens (tertiary/aromatic N) is 2. The van der Waals surface area contributed by atoms with E-state index in [0.717, 1.165) is 0 Å². The second-order valence-corrected chi connectivity index (χ2v) is 3.94. The molecule has 1 aromatic carbocycles. The van der Waals surface area contributed by atoms with E-state index in [-0.39, 0.29) is 12.2 Å². The van der Waals surface area contributed by atoms with Gasteiger partial charge in [0.05, 0.1) is 18.8 Å². The van der Waals surface area contributed by atoms with Crippen LogP contribution in [0.1, 0.15) is 16.2 Å². The van der Waals surface area contributed by atoms with Gasteiger partial charge in [0.15, 0.2) is 0 Å². The first-order valence-corrected chi connectivity index (χ1v) is 5.93. The van der Waals surface area contributed by atoms with Crippen molar-refractivity contribution in [2.24, 2.45) is 0 Å². The van der Waals surface area contributed by atoms with Crippen LogP contribution < -0.4 is 0 Å². The molecule has 0 unspecified atom stereocenters. The van der Waals surface area contributed by atoms with Gasteiger partial charge in [-0.2, -0.15) is 4.98 Å². The van der Waals surface area contributed by atoms with E-state index in [1.54, 1.807) is 19.2 Å². The molecule has 0 aliphatic rings. The van der Waals surface area contributed by atoms with Gasteiger partial charge in [0, 0.05) is 12.7 Å². The number of ether oxygens (including phenoxy) is 2. The van der Waals surface area contributed by atoms with Crippen molar-refractivity contribution in [3.63, 3.8) is 0 Å². The maximum absolute atomic E-state index is 10.7. The first-order valence-electron chi connectivity index (χ1n) is 5.93. The standard InChI is InChI=1S/C13H14N2O5/c1-18-6-7-19-8-11-14-12(15-20-11)9-2-4-10(5-3-9)13(16)17/h2-5H,6-8H2,1H3,(H,16,17). The van der Waals surface area contributed by atoms with Crippen LogP contribution in [-0.2, 0) is 16.1 Å². The molecule has 0 fully saturated rings. The van der Waals surface area contributed by atoms with Crippen LogP contribution in [0.4, 0.5) is 0 Å². The Bertz CT molecular complexity index is 564. The molecule has 0 bridgehead atoms. The Balaban J connectivity index is 1.99. The number of benzene rings is 1. The van der Waals surface area contributed by atoms with E-state index in [1.807, 2.05) is 0 Å². The van der Waals surface area contributed by atoms with Crippen LogP contribution in [0.25, 0.3) is 11.4 Å². The maximum atomic E-state index is 10.7. The largest absolute Gasteiger partial charge is 0.478 e. The summed E-state index contributed by atoms with van der Waals surface area (Å²) in [6.45, 7) is 1.16. The van der Waals surface area contributed by atoms with E-state index in [4.69, 9.17) is 19.1 Å². The second kappa shape index (κ2) is 6.78. The molecule has 0 spiro atoms. The zero-order valence-electron chi connectivity index (χ0n) is 10.9. The number of carbonyl (C=O) groups is 1. The molecule has 0 radical (unpaired) electrons. The van der Waals surface area contributed by atoms with Gasteiger partial charge < -0.3 is 19.1 Å². The lowest BCUT2D eigenvalue weighted by Gasteiger charge is -1.98. The normalized spacial score (nSPS) is 10.7. The van der Waals surface area contributed by atoms with Gasteiger partial charge in [0.1, 0.15) is 6.61 Å². The van der Waals surface area contributed by atoms with Crippen molar-refractivity contribution >= 4 is 5.97 Å². The van der Waals surface area contributed by atoms with Crippen LogP contribution >= 0.6 is 0 Å². The van der Waals surface area contributed by atoms with Crippen LogP contribution in [0.15, 0.2) is 28.8 Å². The molecule has 0 amide bonds. The number of methoxy groups -OCH3 is 1. The fourth-order valence-corrected chi connectivity index (χ4v) is 1.49. The molecular weight excluding hydrogens is 264 g/mol. The first-order chi connectivity index (χ1) is 9.70. The zero-order valence-corrected chi connectivity index (χ0v) is 10.9. The summed E-state index contributed by atoms with van der Waals surface area (Å²) in [5.74, 6) is -0.220. The van der Waals surface area contributed by atoms with Crippen LogP contribution in [0, 0.1) is 0 Å². The predicted molar refractivity (Wildman–Crippen MR) is 68.2 cm³/mol. The van der Waals surface area contributed by atoms with Crippen LogP contribution in [-0.4, -0.2) is 41.5 Å². The molecule has 0 saturated heterocycles. The smallest absolute Gasteiger partial charge is 0.335 e. The van der Waals surface area contributed by atoms with Crippen molar-refractivity contribution in [2.45, 2.75) is 6.61 Å². The minimum atomic E-state index is -0.975. The summed E-state index contributed by atoms with van der Waals surface area (Å²) in [5.41, 5.74) is 0.891. The van der Waals surface area contributed by atoms with Gasteiger partial charge in [-0.25, -0.2) is 4.79 Å². The maximum Gasteiger partial charge on any atom is 0.335 e. The van der Waals surface area contributed by atoms with Gasteiger partial charge in [0.2, 0.25) is 5.82 Å². The van der Waals surface area contributed by atoms with Crippen molar-refractivity contribution in [3.8, 4) is 11.4 Å². The Kier molecular flexibility index (Phi) is 4.80. The van der Waals surface area contributed by atoms with Gasteiger partial charge in [-0.05, 0) is 12.1 Å². The number of aromatic nitrogens is 2. The molecule has 2 aromatic rings. The van der Waals surface area contributed by atoms with Gasteiger partial charge in [-0.1, -0.05) is 17.3 Å². The molecule has 7 nitrogen and oxygen atoms in total. The van der Waals surface area contributed by atoms with E-state index < -0.39 is 5.97 Å². The summed E-state index contributed by atoms with van der Waals surface area (Å²) in [7, 11) is 1.59. The van der Waals surface area contributed by atoms with E-state index in [9.17, 15) is 4.79 Å². The van der Waals surface area contributed by atoms with Gasteiger partial charge in [0.25, 0.3) is 5.89 Å². The third kappa shape index (κ3) is 3.62. The van der Waals surface area contributed by atoms with Crippen molar-refractivity contribution < 1.29 is 23.9 Å². The Morgan fingerprint density at radius 3 is 2.70 bits per heavy atom. The lowest BCUT2D eigenvalue weighted by Crippen LogP contribution is -2.01. The SMILES string of the molecule is COCCOCc1nc(-c2ccc(C(=O)O)cc2)no1. The minimum Gasteiger partial charge on any atom is -0.478 e. The number of carboxylic acids is 1. The van der Waals surface area contributed by atoms with E-state index in [2.05, 4.69) is 10.1 Å². The van der Waals surface area contributed by atoms with Crippen LogP contribution in [0.3, 0.4) is 0 Å². The average molecular weight is 278 g/mol. The molecule has 106 valence electrons. The highest BCUT2D eigenvalue weighted by Gasteiger charge is 2.09. The van der Waals surface area contributed by atoms with Crippen molar-refractivity contribution in [2.75, 3.05) is 20.3 Å². The Hall–Kier alpha value is -2.25. The highest BCUT2D eigenvalue weighted by atomic mass is 16.5. The van der Waals surface area contributed by atoms with E-state index in [1.165, 1.54) is 12.1 Å². The fourth-order valence-electron chi connectivity index (χ4n) is 1.49. The summed E-state index contributed by atoms with van der Waals surface area (Å²) >= 11 is 0. The Morgan fingerprint density at radius 1 is 1.30 bits per heavy atom. The van der Waals surface area contributed by atoms with Crippen LogP contribution in [0.5, 0.6) is 0 Å². The average Bonchev–Trinajstić information content (AvgIpc) is 2.92. The molecular formula is C13H14N2O5. The summed E-state index contributed by atoms with van der Waals surface area (Å²) in [6.07, 6.45) is 0. The van der Waals surface area contributed by atoms with Crippen molar-refractivity contribution in [1.29, 1.82) is 0 Å². The van der Waals surface area contributed by atoms with Gasteiger partial charge >= 0.3 is 5.97 Å². The Morgan fingerprint density at radius 2 is 2.05 bits per heavy atom. The molecule has 1 N–H and O–H groups in total. The quantitative estimate of drug-likeness (QED) is 0.768. The number of aromatic carboxylic acids is 1. The number of hydrogen-bond donors (Lipinski definition) is 1. The number of rotatable bonds is 7. The fraction of sp³-hybridized carbons (Fsp3) is 0.308. The number of hydrogen-bond acceptors (Lipinski definition) is 6. The minimum absolute atomic E-state index is 0.209. The highest BCUT2D eigenvalue weighted by Crippen LogP contribution is 2.16. The van der Waals surface area contributed by atoms with Crippen molar-refractivity contribution in [3.05, 3.63) is 35.7 Å². The first kappa shape index (κ1) is 14.2. The molecule has 2 rings (SSSR count). The molecule has 0 aliphatic heterocycles. The molecule has 0 saturated carbocycles. The molecule has 1 heterocycles. The molecule has 0 atom stereocenters. The zero-order chi connectivity index (χ0) is 14.4. The summed E-state index contributed by atoms with van der Waals surface area (Å²) in [5, 5.41) is 12.6. The monoisotopic (exact) mass is 278 g/mol. The lowest BCUT2D eigenvalue weighted by atomic mass is 10.1. The highest BCUT2D eigenvalue weighted by molar-refractivity contribution is 5.88. The lowest BCUT2D eigenvalue weighted by molar-refractivity contribution is 0.0494. The topological polar surface area (TPSA) is 94.7 Å². The van der Waals surface area contributed by atoms with Crippen LogP contribution in [0.2, 0.25) is 0 Å². The van der Waals surface area contributed by atoms with Gasteiger partial charge in [-0.15, -0.1) is 0 Å². The summed E-state index contributed by atoms with van der Waals surface area (Å²) in [4.78, 5) is 14.9. The number of carboxylic acid groups (broad SMARTS) is 1. The third-order valence-electron chi connectivity index (χ3n) is 2.52. The van der Waals surface area contributed by atoms with E-state index in [0.29, 0.717) is 30.5 Å². The molecule has 1 aromatic heterocycles.